The van der Waals surface area contributed by atoms with Crippen molar-refractivity contribution in [1.29, 1.82) is 0 Å². The molecule has 1 N–H and O–H groups in total. The van der Waals surface area contributed by atoms with Crippen LogP contribution in [0.1, 0.15) is 26.2 Å². The summed E-state index contributed by atoms with van der Waals surface area (Å²) in [4.78, 5) is 10.0. The lowest BCUT2D eigenvalue weighted by Gasteiger charge is -2.14. The summed E-state index contributed by atoms with van der Waals surface area (Å²) >= 11 is 0. The van der Waals surface area contributed by atoms with Crippen molar-refractivity contribution in [3.8, 4) is 0 Å². The van der Waals surface area contributed by atoms with Gasteiger partial charge in [-0.05, 0) is 30.7 Å². The van der Waals surface area contributed by atoms with Crippen LogP contribution in [0.5, 0.6) is 0 Å². The molecule has 1 fully saturated rings. The number of nitro benzene ring substituents is 1. The van der Waals surface area contributed by atoms with E-state index in [2.05, 4.69) is 12.2 Å². The quantitative estimate of drug-likeness (QED) is 0.632. The van der Waals surface area contributed by atoms with Crippen LogP contribution in [0.15, 0.2) is 18.2 Å². The Bertz CT molecular complexity index is 444. The average Bonchev–Trinajstić information content (AvgIpc) is 3.06. The minimum absolute atomic E-state index is 0.214. The van der Waals surface area contributed by atoms with Crippen molar-refractivity contribution in [2.24, 2.45) is 5.41 Å². The molecule has 17 heavy (non-hydrogen) atoms. The Labute approximate surface area is 99.0 Å². The summed E-state index contributed by atoms with van der Waals surface area (Å²) in [6, 6.07) is 3.59. The van der Waals surface area contributed by atoms with Gasteiger partial charge in [-0.25, -0.2) is 4.39 Å². The van der Waals surface area contributed by atoms with E-state index in [4.69, 9.17) is 0 Å². The smallest absolute Gasteiger partial charge is 0.274 e. The molecule has 0 heterocycles. The monoisotopic (exact) mass is 238 g/mol. The van der Waals surface area contributed by atoms with Gasteiger partial charge in [0, 0.05) is 18.3 Å². The van der Waals surface area contributed by atoms with E-state index in [0.29, 0.717) is 11.1 Å². The first-order chi connectivity index (χ1) is 8.04. The first-order valence-corrected chi connectivity index (χ1v) is 5.73. The second kappa shape index (κ2) is 4.31. The lowest BCUT2D eigenvalue weighted by molar-refractivity contribution is -0.385. The van der Waals surface area contributed by atoms with E-state index < -0.39 is 10.7 Å². The molecular weight excluding hydrogens is 223 g/mol. The molecule has 1 aliphatic carbocycles. The topological polar surface area (TPSA) is 55.2 Å². The Morgan fingerprint density at radius 2 is 2.18 bits per heavy atom. The Balaban J connectivity index is 2.07. The molecule has 0 amide bonds. The molecule has 0 aliphatic heterocycles. The van der Waals surface area contributed by atoms with Gasteiger partial charge in [0.2, 0.25) is 0 Å². The number of nitrogens with zero attached hydrogens (tertiary/aromatic N) is 1. The van der Waals surface area contributed by atoms with Crippen molar-refractivity contribution in [2.45, 2.75) is 26.2 Å². The highest BCUT2D eigenvalue weighted by atomic mass is 19.1. The van der Waals surface area contributed by atoms with Crippen LogP contribution < -0.4 is 5.32 Å². The number of halogens is 1. The number of anilines is 1. The lowest BCUT2D eigenvalue weighted by atomic mass is 10.0. The van der Waals surface area contributed by atoms with Gasteiger partial charge in [0.25, 0.3) is 5.69 Å². The summed E-state index contributed by atoms with van der Waals surface area (Å²) in [5.74, 6) is -0.581. The fraction of sp³-hybridized carbons (Fsp3) is 0.500. The molecule has 0 spiro atoms. The molecular formula is C12H15FN2O2. The fourth-order valence-corrected chi connectivity index (χ4v) is 1.90. The van der Waals surface area contributed by atoms with Crippen molar-refractivity contribution in [3.05, 3.63) is 34.1 Å². The zero-order valence-electron chi connectivity index (χ0n) is 9.70. The van der Waals surface area contributed by atoms with Crippen LogP contribution in [0, 0.1) is 21.3 Å². The third-order valence-electron chi connectivity index (χ3n) is 3.47. The molecule has 0 atom stereocenters. The maximum atomic E-state index is 13.2. The highest BCUT2D eigenvalue weighted by molar-refractivity contribution is 5.51. The number of hydrogen-bond acceptors (Lipinski definition) is 3. The van der Waals surface area contributed by atoms with Gasteiger partial charge < -0.3 is 5.32 Å². The number of hydrogen-bond donors (Lipinski definition) is 1. The SMILES string of the molecule is CCC1(CNc2cc(F)cc([N+](=O)[O-])c2)CC1. The predicted octanol–water partition coefficient (Wildman–Crippen LogP) is 3.34. The largest absolute Gasteiger partial charge is 0.384 e. The Kier molecular flexibility index (Phi) is 3.00. The van der Waals surface area contributed by atoms with E-state index in [1.807, 2.05) is 0 Å². The van der Waals surface area contributed by atoms with Gasteiger partial charge in [0.05, 0.1) is 11.0 Å². The minimum Gasteiger partial charge on any atom is -0.384 e. The van der Waals surface area contributed by atoms with Crippen molar-refractivity contribution >= 4 is 11.4 Å². The van der Waals surface area contributed by atoms with Gasteiger partial charge in [0.1, 0.15) is 5.82 Å². The van der Waals surface area contributed by atoms with E-state index in [1.54, 1.807) is 0 Å². The van der Waals surface area contributed by atoms with E-state index in [0.717, 1.165) is 19.0 Å². The van der Waals surface area contributed by atoms with Gasteiger partial charge in [0.15, 0.2) is 0 Å². The standard InChI is InChI=1S/C12H15FN2O2/c1-2-12(3-4-12)8-14-10-5-9(13)6-11(7-10)15(16)17/h5-7,14H,2-4,8H2,1H3. The lowest BCUT2D eigenvalue weighted by Crippen LogP contribution is -2.14. The maximum absolute atomic E-state index is 13.2. The normalized spacial score (nSPS) is 16.6. The molecule has 4 nitrogen and oxygen atoms in total. The van der Waals surface area contributed by atoms with Crippen LogP contribution >= 0.6 is 0 Å². The molecule has 0 bridgehead atoms. The second-order valence-electron chi connectivity index (χ2n) is 4.66. The van der Waals surface area contributed by atoms with Crippen LogP contribution in [0.2, 0.25) is 0 Å². The second-order valence-corrected chi connectivity index (χ2v) is 4.66. The van der Waals surface area contributed by atoms with Gasteiger partial charge in [-0.3, -0.25) is 10.1 Å². The highest BCUT2D eigenvalue weighted by Gasteiger charge is 2.40. The van der Waals surface area contributed by atoms with Crippen molar-refractivity contribution in [3.63, 3.8) is 0 Å². The van der Waals surface area contributed by atoms with Crippen molar-refractivity contribution in [2.75, 3.05) is 11.9 Å². The first-order valence-electron chi connectivity index (χ1n) is 5.73. The summed E-state index contributed by atoms with van der Waals surface area (Å²) in [5, 5.41) is 13.7. The molecule has 0 radical (unpaired) electrons. The van der Waals surface area contributed by atoms with Crippen LogP contribution in [0.4, 0.5) is 15.8 Å². The molecule has 1 saturated carbocycles. The summed E-state index contributed by atoms with van der Waals surface area (Å²) in [5.41, 5.74) is 0.589. The molecule has 5 heteroatoms. The predicted molar refractivity (Wildman–Crippen MR) is 63.5 cm³/mol. The molecule has 0 unspecified atom stereocenters. The van der Waals surface area contributed by atoms with Gasteiger partial charge in [-0.15, -0.1) is 0 Å². The third-order valence-corrected chi connectivity index (χ3v) is 3.47. The summed E-state index contributed by atoms with van der Waals surface area (Å²) < 4.78 is 13.2. The molecule has 0 aromatic heterocycles. The first kappa shape index (κ1) is 11.8. The minimum atomic E-state index is -0.582. The van der Waals surface area contributed by atoms with E-state index in [9.17, 15) is 14.5 Å². The highest BCUT2D eigenvalue weighted by Crippen LogP contribution is 2.48. The summed E-state index contributed by atoms with van der Waals surface area (Å²) in [6.07, 6.45) is 3.43. The van der Waals surface area contributed by atoms with E-state index >= 15 is 0 Å². The van der Waals surface area contributed by atoms with Crippen LogP contribution in [-0.4, -0.2) is 11.5 Å². The molecule has 92 valence electrons. The molecule has 1 aliphatic rings. The number of rotatable bonds is 5. The molecule has 2 rings (SSSR count). The Hall–Kier alpha value is -1.65. The maximum Gasteiger partial charge on any atom is 0.274 e. The van der Waals surface area contributed by atoms with Gasteiger partial charge in [-0.2, -0.15) is 0 Å². The van der Waals surface area contributed by atoms with Crippen LogP contribution in [-0.2, 0) is 0 Å². The number of nitrogens with one attached hydrogen (secondary N) is 1. The molecule has 1 aromatic carbocycles. The molecule has 0 saturated heterocycles. The zero-order valence-corrected chi connectivity index (χ0v) is 9.70. The van der Waals surface area contributed by atoms with Crippen LogP contribution in [0.3, 0.4) is 0 Å². The number of nitro groups is 1. The van der Waals surface area contributed by atoms with Crippen molar-refractivity contribution in [1.82, 2.24) is 0 Å². The van der Waals surface area contributed by atoms with Crippen LogP contribution in [0.25, 0.3) is 0 Å². The van der Waals surface area contributed by atoms with E-state index in [1.165, 1.54) is 25.0 Å². The van der Waals surface area contributed by atoms with E-state index in [-0.39, 0.29) is 5.69 Å². The zero-order chi connectivity index (χ0) is 12.5. The number of non-ortho nitro benzene ring substituents is 1. The Morgan fingerprint density at radius 3 is 2.71 bits per heavy atom. The Morgan fingerprint density at radius 1 is 1.47 bits per heavy atom. The number of benzene rings is 1. The fourth-order valence-electron chi connectivity index (χ4n) is 1.90. The van der Waals surface area contributed by atoms with Gasteiger partial charge in [-0.1, -0.05) is 6.92 Å². The summed E-state index contributed by atoms with van der Waals surface area (Å²) in [7, 11) is 0. The van der Waals surface area contributed by atoms with Gasteiger partial charge >= 0.3 is 0 Å². The average molecular weight is 238 g/mol. The molecule has 1 aromatic rings. The van der Waals surface area contributed by atoms with Crippen molar-refractivity contribution < 1.29 is 9.31 Å². The third kappa shape index (κ3) is 2.72. The summed E-state index contributed by atoms with van der Waals surface area (Å²) in [6.45, 7) is 2.88.